The van der Waals surface area contributed by atoms with Gasteiger partial charge in [0.05, 0.1) is 13.0 Å². The molecule has 5 heteroatoms. The van der Waals surface area contributed by atoms with Gasteiger partial charge < -0.3 is 4.74 Å². The van der Waals surface area contributed by atoms with Gasteiger partial charge >= 0.3 is 6.18 Å². The molecule has 0 N–H and O–H groups in total. The molecule has 0 unspecified atom stereocenters. The summed E-state index contributed by atoms with van der Waals surface area (Å²) in [4.78, 5) is 11.6. The maximum atomic E-state index is 12.2. The topological polar surface area (TPSA) is 26.3 Å². The molecule has 0 aliphatic rings. The van der Waals surface area contributed by atoms with Gasteiger partial charge in [-0.25, -0.2) is 0 Å². The molecule has 0 aromatic heterocycles. The molecule has 1 atom stereocenters. The van der Waals surface area contributed by atoms with E-state index in [0.717, 1.165) is 5.56 Å². The van der Waals surface area contributed by atoms with Gasteiger partial charge in [-0.05, 0) is 12.0 Å². The van der Waals surface area contributed by atoms with Gasteiger partial charge in [-0.3, -0.25) is 4.79 Å². The predicted octanol–water partition coefficient (Wildman–Crippen LogP) is 3.75. The van der Waals surface area contributed by atoms with Crippen LogP contribution in [0.4, 0.5) is 13.2 Å². The summed E-state index contributed by atoms with van der Waals surface area (Å²) in [5, 5.41) is 0. The smallest absolute Gasteiger partial charge is 0.369 e. The van der Waals surface area contributed by atoms with Gasteiger partial charge in [0.25, 0.3) is 0 Å². The fraction of sp³-hybridized carbons (Fsp3) is 0.500. The number of benzene rings is 1. The van der Waals surface area contributed by atoms with Crippen LogP contribution in [0.1, 0.15) is 25.3 Å². The lowest BCUT2D eigenvalue weighted by Crippen LogP contribution is -2.25. The minimum atomic E-state index is -4.31. The average Bonchev–Trinajstić information content (AvgIpc) is 2.36. The SMILES string of the molecule is CC[C@@H](CC(F)(F)F)C(=O)COCc1ccccc1. The van der Waals surface area contributed by atoms with Crippen LogP contribution < -0.4 is 0 Å². The van der Waals surface area contributed by atoms with Crippen molar-refractivity contribution in [3.8, 4) is 0 Å². The van der Waals surface area contributed by atoms with Crippen LogP contribution >= 0.6 is 0 Å². The van der Waals surface area contributed by atoms with Gasteiger partial charge in [0.15, 0.2) is 5.78 Å². The van der Waals surface area contributed by atoms with Crippen molar-refractivity contribution in [2.75, 3.05) is 6.61 Å². The van der Waals surface area contributed by atoms with Gasteiger partial charge in [-0.1, -0.05) is 37.3 Å². The number of rotatable bonds is 7. The molecule has 1 aromatic rings. The first kappa shape index (κ1) is 15.7. The lowest BCUT2D eigenvalue weighted by atomic mass is 9.97. The highest BCUT2D eigenvalue weighted by molar-refractivity contribution is 5.82. The molecule has 0 aliphatic heterocycles. The number of ether oxygens (including phenoxy) is 1. The van der Waals surface area contributed by atoms with Crippen molar-refractivity contribution in [3.05, 3.63) is 35.9 Å². The summed E-state index contributed by atoms with van der Waals surface area (Å²) < 4.78 is 41.9. The molecule has 1 rings (SSSR count). The lowest BCUT2D eigenvalue weighted by Gasteiger charge is -2.15. The van der Waals surface area contributed by atoms with Crippen LogP contribution in [0.15, 0.2) is 30.3 Å². The Balaban J connectivity index is 2.37. The van der Waals surface area contributed by atoms with Crippen molar-refractivity contribution in [1.82, 2.24) is 0 Å². The van der Waals surface area contributed by atoms with Crippen LogP contribution in [0.5, 0.6) is 0 Å². The van der Waals surface area contributed by atoms with Crippen LogP contribution in [0.3, 0.4) is 0 Å². The van der Waals surface area contributed by atoms with E-state index in [-0.39, 0.29) is 19.6 Å². The van der Waals surface area contributed by atoms with E-state index in [1.165, 1.54) is 0 Å². The van der Waals surface area contributed by atoms with Crippen molar-refractivity contribution < 1.29 is 22.7 Å². The molecule has 0 radical (unpaired) electrons. The molecule has 0 heterocycles. The highest BCUT2D eigenvalue weighted by Gasteiger charge is 2.34. The van der Waals surface area contributed by atoms with Crippen molar-refractivity contribution in [3.63, 3.8) is 0 Å². The molecule has 0 bridgehead atoms. The van der Waals surface area contributed by atoms with E-state index in [0.29, 0.717) is 0 Å². The normalized spacial score (nSPS) is 13.3. The van der Waals surface area contributed by atoms with Crippen molar-refractivity contribution >= 4 is 5.78 Å². The van der Waals surface area contributed by atoms with E-state index >= 15 is 0 Å². The Hall–Kier alpha value is -1.36. The number of carbonyl (C=O) groups is 1. The summed E-state index contributed by atoms with van der Waals surface area (Å²) >= 11 is 0. The third kappa shape index (κ3) is 6.38. The predicted molar refractivity (Wildman–Crippen MR) is 65.6 cm³/mol. The van der Waals surface area contributed by atoms with E-state index in [9.17, 15) is 18.0 Å². The zero-order valence-electron chi connectivity index (χ0n) is 10.7. The molecule has 0 aliphatic carbocycles. The Labute approximate surface area is 110 Å². The maximum absolute atomic E-state index is 12.2. The summed E-state index contributed by atoms with van der Waals surface area (Å²) in [5.41, 5.74) is 0.888. The summed E-state index contributed by atoms with van der Waals surface area (Å²) in [7, 11) is 0. The van der Waals surface area contributed by atoms with Gasteiger partial charge in [0, 0.05) is 5.92 Å². The molecule has 19 heavy (non-hydrogen) atoms. The summed E-state index contributed by atoms with van der Waals surface area (Å²) in [6.45, 7) is 1.53. The highest BCUT2D eigenvalue weighted by atomic mass is 19.4. The number of halogens is 3. The Bertz CT molecular complexity index is 387. The molecule has 2 nitrogen and oxygen atoms in total. The molecule has 0 saturated heterocycles. The fourth-order valence-electron chi connectivity index (χ4n) is 1.73. The summed E-state index contributed by atoms with van der Waals surface area (Å²) in [6, 6.07) is 9.18. The third-order valence-corrected chi connectivity index (χ3v) is 2.78. The number of Topliss-reactive ketones (excluding diaryl/α,β-unsaturated/α-hetero) is 1. The second kappa shape index (κ2) is 7.28. The third-order valence-electron chi connectivity index (χ3n) is 2.78. The molecule has 0 amide bonds. The number of hydrogen-bond acceptors (Lipinski definition) is 2. The Morgan fingerprint density at radius 2 is 1.89 bits per heavy atom. The van der Waals surface area contributed by atoms with E-state index in [2.05, 4.69) is 0 Å². The molecular formula is C14H17F3O2. The summed E-state index contributed by atoms with van der Waals surface area (Å²) in [5.74, 6) is -1.49. The average molecular weight is 274 g/mol. The monoisotopic (exact) mass is 274 g/mol. The molecule has 0 spiro atoms. The van der Waals surface area contributed by atoms with Gasteiger partial charge in [0.2, 0.25) is 0 Å². The van der Waals surface area contributed by atoms with Crippen molar-refractivity contribution in [2.45, 2.75) is 32.5 Å². The number of alkyl halides is 3. The van der Waals surface area contributed by atoms with Gasteiger partial charge in [0.1, 0.15) is 6.61 Å². The van der Waals surface area contributed by atoms with E-state index in [4.69, 9.17) is 4.74 Å². The van der Waals surface area contributed by atoms with E-state index < -0.39 is 24.3 Å². The van der Waals surface area contributed by atoms with E-state index in [1.807, 2.05) is 30.3 Å². The number of carbonyl (C=O) groups excluding carboxylic acids is 1. The molecular weight excluding hydrogens is 257 g/mol. The first-order valence-electron chi connectivity index (χ1n) is 6.13. The van der Waals surface area contributed by atoms with Crippen LogP contribution in [-0.4, -0.2) is 18.6 Å². The second-order valence-corrected chi connectivity index (χ2v) is 4.37. The Morgan fingerprint density at radius 3 is 2.42 bits per heavy atom. The van der Waals surface area contributed by atoms with Crippen LogP contribution in [0.25, 0.3) is 0 Å². The minimum Gasteiger partial charge on any atom is -0.369 e. The first-order valence-corrected chi connectivity index (χ1v) is 6.13. The van der Waals surface area contributed by atoms with Gasteiger partial charge in [-0.2, -0.15) is 13.2 Å². The minimum absolute atomic E-state index is 0.174. The van der Waals surface area contributed by atoms with Gasteiger partial charge in [-0.15, -0.1) is 0 Å². The van der Waals surface area contributed by atoms with E-state index in [1.54, 1.807) is 6.92 Å². The molecule has 0 saturated carbocycles. The van der Waals surface area contributed by atoms with Crippen molar-refractivity contribution in [2.24, 2.45) is 5.92 Å². The number of hydrogen-bond donors (Lipinski definition) is 0. The second-order valence-electron chi connectivity index (χ2n) is 4.37. The highest BCUT2D eigenvalue weighted by Crippen LogP contribution is 2.27. The van der Waals surface area contributed by atoms with Crippen LogP contribution in [-0.2, 0) is 16.1 Å². The van der Waals surface area contributed by atoms with Crippen LogP contribution in [0, 0.1) is 5.92 Å². The quantitative estimate of drug-likeness (QED) is 0.757. The summed E-state index contributed by atoms with van der Waals surface area (Å²) in [6.07, 6.45) is -5.21. The fourth-order valence-corrected chi connectivity index (χ4v) is 1.73. The zero-order chi connectivity index (χ0) is 14.3. The maximum Gasteiger partial charge on any atom is 0.389 e. The molecule has 106 valence electrons. The standard InChI is InChI=1S/C14H17F3O2/c1-2-12(8-14(15,16)17)13(18)10-19-9-11-6-4-3-5-7-11/h3-7,12H,2,8-10H2,1H3/t12-/m0/s1. The zero-order valence-corrected chi connectivity index (χ0v) is 10.7. The van der Waals surface area contributed by atoms with Crippen molar-refractivity contribution in [1.29, 1.82) is 0 Å². The molecule has 0 fully saturated rings. The Morgan fingerprint density at radius 1 is 1.26 bits per heavy atom. The number of ketones is 1. The molecule has 1 aromatic carbocycles. The lowest BCUT2D eigenvalue weighted by molar-refractivity contribution is -0.155. The Kier molecular flexibility index (Phi) is 6.02. The van der Waals surface area contributed by atoms with Crippen LogP contribution in [0.2, 0.25) is 0 Å². The largest absolute Gasteiger partial charge is 0.389 e. The first-order chi connectivity index (χ1) is 8.92.